The lowest BCUT2D eigenvalue weighted by molar-refractivity contribution is -0.116. The number of nitrogens with one attached hydrogen (secondary N) is 1. The molecule has 0 aliphatic carbocycles. The fourth-order valence-electron chi connectivity index (χ4n) is 3.80. The van der Waals surface area contributed by atoms with Crippen LogP contribution in [0.1, 0.15) is 28.8 Å². The van der Waals surface area contributed by atoms with Crippen molar-refractivity contribution in [2.24, 2.45) is 0 Å². The summed E-state index contributed by atoms with van der Waals surface area (Å²) >= 11 is 0. The van der Waals surface area contributed by atoms with Gasteiger partial charge in [0.05, 0.1) is 0 Å². The number of nitrogens with zero attached hydrogens (tertiary/aromatic N) is 2. The van der Waals surface area contributed by atoms with Crippen molar-refractivity contribution in [3.05, 3.63) is 95.1 Å². The molecule has 2 heterocycles. The molecule has 2 aromatic carbocycles. The van der Waals surface area contributed by atoms with Crippen LogP contribution in [0.2, 0.25) is 0 Å². The molecular weight excluding hydrogens is 377 g/mol. The van der Waals surface area contributed by atoms with Gasteiger partial charge in [0, 0.05) is 35.8 Å². The van der Waals surface area contributed by atoms with E-state index in [1.54, 1.807) is 12.1 Å². The van der Waals surface area contributed by atoms with Gasteiger partial charge >= 0.3 is 0 Å². The molecule has 0 saturated carbocycles. The highest BCUT2D eigenvalue weighted by atomic mass is 19.1. The zero-order chi connectivity index (χ0) is 21.1. The van der Waals surface area contributed by atoms with Gasteiger partial charge in [-0.1, -0.05) is 30.3 Å². The topological polar surface area (TPSA) is 46.9 Å². The van der Waals surface area contributed by atoms with Gasteiger partial charge in [0.15, 0.2) is 0 Å². The Balaban J connectivity index is 1.50. The Labute approximate surface area is 175 Å². The molecular formula is C25H24FN3O. The van der Waals surface area contributed by atoms with Crippen molar-refractivity contribution in [1.29, 1.82) is 0 Å². The van der Waals surface area contributed by atoms with E-state index in [0.717, 1.165) is 33.3 Å². The third kappa shape index (κ3) is 4.57. The summed E-state index contributed by atoms with van der Waals surface area (Å²) in [4.78, 5) is 16.9. The highest BCUT2D eigenvalue weighted by Gasteiger charge is 2.11. The summed E-state index contributed by atoms with van der Waals surface area (Å²) < 4.78 is 15.4. The highest BCUT2D eigenvalue weighted by Crippen LogP contribution is 2.24. The van der Waals surface area contributed by atoms with E-state index in [0.29, 0.717) is 25.2 Å². The summed E-state index contributed by atoms with van der Waals surface area (Å²) in [5, 5.41) is 4.04. The minimum absolute atomic E-state index is 0.0529. The molecule has 0 aliphatic rings. The summed E-state index contributed by atoms with van der Waals surface area (Å²) in [6.07, 6.45) is 3.10. The number of aromatic nitrogens is 2. The van der Waals surface area contributed by atoms with Crippen LogP contribution in [0.25, 0.3) is 10.9 Å². The number of fused-ring (bicyclic) bond motifs is 1. The minimum Gasteiger partial charge on any atom is -0.343 e. The molecule has 30 heavy (non-hydrogen) atoms. The number of hydrogen-bond donors (Lipinski definition) is 1. The Bertz CT molecular complexity index is 1170. The summed E-state index contributed by atoms with van der Waals surface area (Å²) in [5.41, 5.74) is 5.21. The van der Waals surface area contributed by atoms with Crippen molar-refractivity contribution in [3.8, 4) is 0 Å². The second-order valence-electron chi connectivity index (χ2n) is 7.65. The Morgan fingerprint density at radius 2 is 1.83 bits per heavy atom. The van der Waals surface area contributed by atoms with Gasteiger partial charge < -0.3 is 9.88 Å². The van der Waals surface area contributed by atoms with Crippen LogP contribution in [0.4, 0.5) is 10.2 Å². The zero-order valence-electron chi connectivity index (χ0n) is 17.2. The van der Waals surface area contributed by atoms with E-state index in [9.17, 15) is 9.18 Å². The number of para-hydroxylation sites is 1. The van der Waals surface area contributed by atoms with Crippen LogP contribution in [0, 0.1) is 19.7 Å². The number of hydrogen-bond acceptors (Lipinski definition) is 2. The van der Waals surface area contributed by atoms with Crippen LogP contribution < -0.4 is 5.32 Å². The molecule has 152 valence electrons. The molecule has 2 aromatic heterocycles. The predicted molar refractivity (Wildman–Crippen MR) is 118 cm³/mol. The van der Waals surface area contributed by atoms with Crippen molar-refractivity contribution < 1.29 is 9.18 Å². The Hall–Kier alpha value is -3.47. The molecule has 0 radical (unpaired) electrons. The number of carbonyl (C=O) groups excluding carboxylic acids is 1. The number of halogens is 1. The molecule has 0 spiro atoms. The molecule has 0 aliphatic heterocycles. The number of benzene rings is 2. The van der Waals surface area contributed by atoms with E-state index in [-0.39, 0.29) is 11.7 Å². The van der Waals surface area contributed by atoms with Gasteiger partial charge in [-0.25, -0.2) is 9.37 Å². The van der Waals surface area contributed by atoms with E-state index in [4.69, 9.17) is 0 Å². The highest BCUT2D eigenvalue weighted by molar-refractivity contribution is 5.91. The molecule has 0 atom stereocenters. The van der Waals surface area contributed by atoms with E-state index in [1.807, 2.05) is 38.1 Å². The summed E-state index contributed by atoms with van der Waals surface area (Å²) in [5.74, 6) is 0.306. The van der Waals surface area contributed by atoms with Crippen LogP contribution >= 0.6 is 0 Å². The molecule has 0 saturated heterocycles. The van der Waals surface area contributed by atoms with Crippen LogP contribution in [0.15, 0.2) is 66.9 Å². The second-order valence-corrected chi connectivity index (χ2v) is 7.65. The van der Waals surface area contributed by atoms with Gasteiger partial charge in [-0.05, 0) is 67.3 Å². The van der Waals surface area contributed by atoms with Crippen molar-refractivity contribution >= 4 is 22.6 Å². The quantitative estimate of drug-likeness (QED) is 0.469. The van der Waals surface area contributed by atoms with E-state index >= 15 is 0 Å². The van der Waals surface area contributed by atoms with Gasteiger partial charge in [-0.15, -0.1) is 0 Å². The molecule has 4 rings (SSSR count). The molecule has 0 unspecified atom stereocenters. The fourth-order valence-corrected chi connectivity index (χ4v) is 3.80. The number of amides is 1. The smallest absolute Gasteiger partial charge is 0.225 e. The average molecular weight is 401 g/mol. The van der Waals surface area contributed by atoms with Crippen molar-refractivity contribution in [2.75, 3.05) is 5.32 Å². The maximum Gasteiger partial charge on any atom is 0.225 e. The molecule has 4 aromatic rings. The summed E-state index contributed by atoms with van der Waals surface area (Å²) in [6.45, 7) is 4.55. The maximum absolute atomic E-state index is 13.2. The number of rotatable bonds is 6. The van der Waals surface area contributed by atoms with E-state index < -0.39 is 0 Å². The lowest BCUT2D eigenvalue weighted by Crippen LogP contribution is -2.13. The van der Waals surface area contributed by atoms with Crippen LogP contribution in [-0.2, 0) is 17.8 Å². The van der Waals surface area contributed by atoms with Gasteiger partial charge in [-0.3, -0.25) is 4.79 Å². The predicted octanol–water partition coefficient (Wildman–Crippen LogP) is 5.41. The third-order valence-electron chi connectivity index (χ3n) is 5.12. The number of aryl methyl sites for hydroxylation is 3. The van der Waals surface area contributed by atoms with Crippen molar-refractivity contribution in [3.63, 3.8) is 0 Å². The zero-order valence-corrected chi connectivity index (χ0v) is 17.2. The van der Waals surface area contributed by atoms with Gasteiger partial charge in [0.2, 0.25) is 5.91 Å². The van der Waals surface area contributed by atoms with E-state index in [2.05, 4.69) is 33.2 Å². The molecule has 0 bridgehead atoms. The Morgan fingerprint density at radius 1 is 1.07 bits per heavy atom. The largest absolute Gasteiger partial charge is 0.343 e. The fraction of sp³-hybridized carbons (Fsp3) is 0.200. The first-order chi connectivity index (χ1) is 14.5. The Kier molecular flexibility index (Phi) is 5.61. The average Bonchev–Trinajstić information content (AvgIpc) is 3.05. The number of carbonyl (C=O) groups is 1. The molecule has 4 nitrogen and oxygen atoms in total. The molecule has 0 fully saturated rings. The van der Waals surface area contributed by atoms with Gasteiger partial charge in [0.1, 0.15) is 11.6 Å². The molecule has 1 N–H and O–H groups in total. The second kappa shape index (κ2) is 8.49. The van der Waals surface area contributed by atoms with Crippen LogP contribution in [-0.4, -0.2) is 15.5 Å². The summed E-state index contributed by atoms with van der Waals surface area (Å²) in [6, 6.07) is 18.6. The third-order valence-corrected chi connectivity index (χ3v) is 5.12. The standard InChI is InChI=1S/C25H24FN3O/c1-17-13-18(2)27-24(14-17)28-25(30)12-9-20-16-29(23-6-4-3-5-22(20)23)15-19-7-10-21(26)11-8-19/h3-8,10-11,13-14,16H,9,12,15H2,1-2H3,(H,27,28,30). The maximum atomic E-state index is 13.2. The number of anilines is 1. The lowest BCUT2D eigenvalue weighted by Gasteiger charge is -2.06. The van der Waals surface area contributed by atoms with E-state index in [1.165, 1.54) is 12.1 Å². The Morgan fingerprint density at radius 3 is 2.60 bits per heavy atom. The first-order valence-electron chi connectivity index (χ1n) is 10.0. The molecule has 5 heteroatoms. The minimum atomic E-state index is -0.235. The lowest BCUT2D eigenvalue weighted by atomic mass is 10.1. The number of pyridine rings is 1. The van der Waals surface area contributed by atoms with Crippen LogP contribution in [0.5, 0.6) is 0 Å². The summed E-state index contributed by atoms with van der Waals surface area (Å²) in [7, 11) is 0. The first kappa shape index (κ1) is 19.8. The van der Waals surface area contributed by atoms with Crippen molar-refractivity contribution in [1.82, 2.24) is 9.55 Å². The molecule has 1 amide bonds. The normalized spacial score (nSPS) is 11.0. The monoisotopic (exact) mass is 401 g/mol. The first-order valence-corrected chi connectivity index (χ1v) is 10.0. The van der Waals surface area contributed by atoms with Crippen molar-refractivity contribution in [2.45, 2.75) is 33.2 Å². The van der Waals surface area contributed by atoms with Crippen LogP contribution in [0.3, 0.4) is 0 Å². The van der Waals surface area contributed by atoms with Gasteiger partial charge in [-0.2, -0.15) is 0 Å². The SMILES string of the molecule is Cc1cc(C)nc(NC(=O)CCc2cn(Cc3ccc(F)cc3)c3ccccc23)c1. The van der Waals surface area contributed by atoms with Gasteiger partial charge in [0.25, 0.3) is 0 Å².